The topological polar surface area (TPSA) is 13.1 Å². The van der Waals surface area contributed by atoms with E-state index in [0.29, 0.717) is 0 Å². The van der Waals surface area contributed by atoms with E-state index in [9.17, 15) is 0 Å². The smallest absolute Gasteiger partial charge is 0.141 e. The summed E-state index contributed by atoms with van der Waals surface area (Å²) in [5.74, 6) is 0. The molecule has 0 aliphatic carbocycles. The predicted octanol–water partition coefficient (Wildman–Crippen LogP) is -16.8. The van der Waals surface area contributed by atoms with Crippen LogP contribution in [-0.2, 0) is 0 Å². The monoisotopic (exact) mass is 726 g/mol. The van der Waals surface area contributed by atoms with Crippen LogP contribution in [0.5, 0.6) is 0 Å². The summed E-state index contributed by atoms with van der Waals surface area (Å²) in [5, 5.41) is 0.412. The van der Waals surface area contributed by atoms with Crippen LogP contribution in [0, 0.1) is 0 Å². The molecule has 62 heavy (non-hydrogen) atoms. The third-order valence-corrected chi connectivity index (χ3v) is 11.9. The number of furan rings is 1. The average molecular weight is 722 g/mol. The van der Waals surface area contributed by atoms with Gasteiger partial charge in [0.1, 0.15) is 192 Å². The molecule has 0 aliphatic rings. The van der Waals surface area contributed by atoms with Crippen LogP contribution in [0.1, 0.15) is 0 Å². The second-order valence-electron chi connectivity index (χ2n) is 15.0. The molecule has 0 fully saturated rings. The van der Waals surface area contributed by atoms with Crippen LogP contribution in [0.25, 0.3) is 76.9 Å². The fourth-order valence-electron chi connectivity index (χ4n) is 8.44. The van der Waals surface area contributed by atoms with Crippen molar-refractivity contribution in [3.63, 3.8) is 0 Å². The molecule has 0 bridgehead atoms. The third kappa shape index (κ3) is 5.81. The maximum absolute atomic E-state index is 7.00. The first-order chi connectivity index (χ1) is 28.9. The molecule has 1 nitrogen and oxygen atoms in total. The Labute approximate surface area is 391 Å². The largest absolute Gasteiger partial charge is 0.456 e. The Bertz CT molecular complexity index is 3330. The van der Waals surface area contributed by atoms with Crippen LogP contribution in [0.3, 0.4) is 0 Å². The van der Waals surface area contributed by atoms with Crippen LogP contribution in [0.2, 0.25) is 0 Å². The van der Waals surface area contributed by atoms with Gasteiger partial charge in [-0.2, -0.15) is 0 Å². The number of hydrogen-bond donors (Lipinski definition) is 0. The zero-order valence-corrected chi connectivity index (χ0v) is 32.8. The fourth-order valence-corrected chi connectivity index (χ4v) is 8.44. The quantitative estimate of drug-likeness (QED) is 0.131. The van der Waals surface area contributed by atoms with E-state index in [1.165, 1.54) is 6.07 Å². The lowest BCUT2D eigenvalue weighted by Crippen LogP contribution is -2.55. The molecule has 8 rings (SSSR count). The van der Waals surface area contributed by atoms with E-state index in [0.717, 1.165) is 0 Å². The van der Waals surface area contributed by atoms with E-state index in [2.05, 4.69) is 0 Å². The average Bonchev–Trinajstić information content (AvgIpc) is 3.65. The lowest BCUT2D eigenvalue weighted by molar-refractivity contribution is 0.673. The van der Waals surface area contributed by atoms with Crippen LogP contribution in [-0.4, -0.2) is 180 Å². The van der Waals surface area contributed by atoms with Gasteiger partial charge in [0.2, 0.25) is 0 Å². The molecule has 0 saturated carbocycles. The van der Waals surface area contributed by atoms with Gasteiger partial charge in [-0.1, -0.05) is 71.6 Å². The van der Waals surface area contributed by atoms with Gasteiger partial charge in [0.25, 0.3) is 0 Å². The minimum atomic E-state index is -0.167. The van der Waals surface area contributed by atoms with Gasteiger partial charge in [0.15, 0.2) is 0 Å². The Balaban J connectivity index is 1.72. The van der Waals surface area contributed by atoms with Gasteiger partial charge in [-0.15, -0.1) is 60.1 Å². The van der Waals surface area contributed by atoms with Crippen molar-refractivity contribution in [2.75, 3.05) is 0 Å². The van der Waals surface area contributed by atoms with Crippen molar-refractivity contribution >= 4 is 350 Å². The van der Waals surface area contributed by atoms with Crippen LogP contribution >= 0.6 is 0 Å². The SMILES string of the molecule is [B]c1cc(-c2c([B])c([B])c3oc4c(-c5c6c([B])c([B])c([B])c([B])c6c(-c6c([B])c([B])c([B])c([B])c6[B])c6c([B])c([B])c([B])c([B])c56)c([B])c([B])c([B])c4c3c2[B])c([B])c([B])c1[B]. The number of fused-ring (bicyclic) bond motifs is 5. The van der Waals surface area contributed by atoms with Crippen molar-refractivity contribution in [1.82, 2.24) is 0 Å². The molecular weight excluding hydrogens is 721 g/mol. The molecule has 0 saturated heterocycles. The van der Waals surface area contributed by atoms with Gasteiger partial charge < -0.3 is 4.42 Å². The Hall–Kier alpha value is -3.65. The van der Waals surface area contributed by atoms with Gasteiger partial charge >= 0.3 is 0 Å². The zero-order valence-electron chi connectivity index (χ0n) is 32.8. The van der Waals surface area contributed by atoms with E-state index in [4.69, 9.17) is 185 Å². The minimum Gasteiger partial charge on any atom is -0.456 e. The highest BCUT2D eigenvalue weighted by Crippen LogP contribution is 2.42. The van der Waals surface area contributed by atoms with Crippen molar-refractivity contribution in [1.29, 1.82) is 0 Å². The Kier molecular flexibility index (Phi) is 11.0. The van der Waals surface area contributed by atoms with Crippen LogP contribution in [0.4, 0.5) is 0 Å². The summed E-state index contributed by atoms with van der Waals surface area (Å²) in [6.07, 6.45) is 0. The van der Waals surface area contributed by atoms with E-state index < -0.39 is 0 Å². The summed E-state index contributed by atoms with van der Waals surface area (Å²) >= 11 is 0. The van der Waals surface area contributed by atoms with Gasteiger partial charge in [0.05, 0.1) is 0 Å². The molecule has 7 aromatic carbocycles. The first kappa shape index (κ1) is 44.9. The minimum absolute atomic E-state index is 0.00624. The molecule has 1 aromatic heterocycles. The van der Waals surface area contributed by atoms with Crippen LogP contribution < -0.4 is 126 Å². The molecule has 0 spiro atoms. The summed E-state index contributed by atoms with van der Waals surface area (Å²) < 4.78 is 6.63. The second kappa shape index (κ2) is 15.2. The van der Waals surface area contributed by atoms with Crippen molar-refractivity contribution < 1.29 is 4.42 Å². The van der Waals surface area contributed by atoms with Gasteiger partial charge in [-0.05, 0) is 49.4 Å². The van der Waals surface area contributed by atoms with Gasteiger partial charge in [-0.25, -0.2) is 0 Å². The lowest BCUT2D eigenvalue weighted by atomic mass is 9.56. The first-order valence-corrected chi connectivity index (χ1v) is 18.1. The van der Waals surface area contributed by atoms with E-state index in [-0.39, 0.29) is 203 Å². The molecule has 0 atom stereocenters. The Morgan fingerprint density at radius 1 is 0.210 bits per heavy atom. The number of benzene rings is 7. The molecule has 8 aromatic rings. The Morgan fingerprint density at radius 2 is 0.516 bits per heavy atom. The summed E-state index contributed by atoms with van der Waals surface area (Å²) in [4.78, 5) is 0. The summed E-state index contributed by atoms with van der Waals surface area (Å²) in [6, 6.07) is 1.45. The van der Waals surface area contributed by atoms with E-state index in [1.54, 1.807) is 0 Å². The molecule has 0 amide bonds. The predicted molar refractivity (Wildman–Crippen MR) is 289 cm³/mol. The molecule has 0 unspecified atom stereocenters. The lowest BCUT2D eigenvalue weighted by Gasteiger charge is -2.31. The highest BCUT2D eigenvalue weighted by atomic mass is 16.3. The van der Waals surface area contributed by atoms with Crippen molar-refractivity contribution in [3.8, 4) is 33.4 Å². The van der Waals surface area contributed by atoms with Crippen molar-refractivity contribution in [2.24, 2.45) is 0 Å². The van der Waals surface area contributed by atoms with Gasteiger partial charge in [0, 0.05) is 16.3 Å². The molecular formula is C38HB23O. The summed E-state index contributed by atoms with van der Waals surface area (Å²) in [6.45, 7) is 0. The second-order valence-corrected chi connectivity index (χ2v) is 15.0. The van der Waals surface area contributed by atoms with Crippen molar-refractivity contribution in [3.05, 3.63) is 6.07 Å². The highest BCUT2D eigenvalue weighted by Gasteiger charge is 2.31. The van der Waals surface area contributed by atoms with E-state index in [1.807, 2.05) is 0 Å². The van der Waals surface area contributed by atoms with E-state index >= 15 is 0 Å². The molecule has 1 heterocycles. The molecule has 228 valence electrons. The molecule has 0 N–H and O–H groups in total. The maximum Gasteiger partial charge on any atom is 0.141 e. The standard InChI is InChI=1S/C38HB23O/c39-3-1-2(15(40)27(52)16(3)41)4-17(42)13-14-26(51)28(53)25(50)12(37(14)62-38(13)36(61)18(4)43)6-9-7(19(44)29(54)31(56)21(9)46)5(8-10(6)22(47)32(57)30(55)20(8)45)11-23(48)33(58)35(60)34(59)24(11)49/h1H. The number of rotatable bonds is 3. The van der Waals surface area contributed by atoms with Crippen molar-refractivity contribution in [2.45, 2.75) is 0 Å². The third-order valence-electron chi connectivity index (χ3n) is 11.9. The normalized spacial score (nSPS) is 11.7. The molecule has 24 heteroatoms. The maximum atomic E-state index is 7.00. The molecule has 0 aliphatic heterocycles. The summed E-state index contributed by atoms with van der Waals surface area (Å²) in [7, 11) is 153. The molecule has 46 radical (unpaired) electrons. The zero-order chi connectivity index (χ0) is 45.8. The first-order valence-electron chi connectivity index (χ1n) is 18.1. The Morgan fingerprint density at radius 3 is 0.968 bits per heavy atom. The fraction of sp³-hybridized carbons (Fsp3) is 0. The summed E-state index contributed by atoms with van der Waals surface area (Å²) in [5.41, 5.74) is -1.92. The van der Waals surface area contributed by atoms with Crippen LogP contribution in [0.15, 0.2) is 10.5 Å². The highest BCUT2D eigenvalue weighted by molar-refractivity contribution is 6.75. The van der Waals surface area contributed by atoms with Gasteiger partial charge in [-0.3, -0.25) is 0 Å². The number of hydrogen-bond acceptors (Lipinski definition) is 1.